The third kappa shape index (κ3) is 2.51. The number of pyridine rings is 1. The fourth-order valence-corrected chi connectivity index (χ4v) is 4.10. The van der Waals surface area contributed by atoms with Gasteiger partial charge in [-0.2, -0.15) is 0 Å². The predicted molar refractivity (Wildman–Crippen MR) is 93.4 cm³/mol. The van der Waals surface area contributed by atoms with E-state index in [9.17, 15) is 18.7 Å². The molecule has 2 heterocycles. The van der Waals surface area contributed by atoms with Crippen LogP contribution >= 0.6 is 11.3 Å². The number of hydrogen-bond acceptors (Lipinski definition) is 3. The minimum atomic E-state index is -2.65. The van der Waals surface area contributed by atoms with Gasteiger partial charge in [0.25, 0.3) is 12.0 Å². The molecule has 0 aliphatic heterocycles. The number of aromatic hydroxyl groups is 1. The fraction of sp³-hybridized carbons (Fsp3) is 0.278. The van der Waals surface area contributed by atoms with E-state index in [0.717, 1.165) is 20.6 Å². The van der Waals surface area contributed by atoms with Gasteiger partial charge in [-0.15, -0.1) is 11.3 Å². The highest BCUT2D eigenvalue weighted by atomic mass is 32.1. The zero-order chi connectivity index (χ0) is 17.6. The first-order chi connectivity index (χ1) is 11.3. The molecule has 0 radical (unpaired) electrons. The summed E-state index contributed by atoms with van der Waals surface area (Å²) in [5.41, 5.74) is 1.67. The van der Waals surface area contributed by atoms with E-state index >= 15 is 0 Å². The number of hydrogen-bond donors (Lipinski definition) is 1. The molecule has 0 fully saturated rings. The van der Waals surface area contributed by atoms with Crippen LogP contribution in [-0.4, -0.2) is 16.1 Å². The van der Waals surface area contributed by atoms with E-state index in [0.29, 0.717) is 15.8 Å². The van der Waals surface area contributed by atoms with Crippen molar-refractivity contribution in [2.75, 3.05) is 0 Å². The largest absolute Gasteiger partial charge is 0.506 e. The molecular weight excluding hydrogens is 332 g/mol. The Balaban J connectivity index is 2.49. The summed E-state index contributed by atoms with van der Waals surface area (Å²) in [4.78, 5) is 14.2. The Morgan fingerprint density at radius 3 is 2.50 bits per heavy atom. The van der Waals surface area contributed by atoms with Crippen molar-refractivity contribution >= 4 is 21.6 Å². The molecular formula is C18H17F2NO2S. The van der Waals surface area contributed by atoms with E-state index < -0.39 is 18.5 Å². The molecule has 0 unspecified atom stereocenters. The lowest BCUT2D eigenvalue weighted by molar-refractivity contribution is 0.127. The molecule has 126 valence electrons. The number of aryl methyl sites for hydroxylation is 3. The van der Waals surface area contributed by atoms with Crippen LogP contribution in [0.25, 0.3) is 21.3 Å². The van der Waals surface area contributed by atoms with Gasteiger partial charge in [0, 0.05) is 4.88 Å². The van der Waals surface area contributed by atoms with Crippen molar-refractivity contribution in [1.82, 2.24) is 4.57 Å². The SMILES string of the molecule is Cc1ccccc1-c1c(O)c2c(C)c(C)sc2n(CC(F)F)c1=O. The second kappa shape index (κ2) is 6.02. The summed E-state index contributed by atoms with van der Waals surface area (Å²) < 4.78 is 27.2. The predicted octanol–water partition coefficient (Wildman–Crippen LogP) is 4.63. The maximum Gasteiger partial charge on any atom is 0.263 e. The summed E-state index contributed by atoms with van der Waals surface area (Å²) in [5.74, 6) is -0.128. The van der Waals surface area contributed by atoms with Gasteiger partial charge < -0.3 is 5.11 Å². The molecule has 24 heavy (non-hydrogen) atoms. The quantitative estimate of drug-likeness (QED) is 0.749. The number of rotatable bonds is 3. The first-order valence-corrected chi connectivity index (χ1v) is 8.34. The summed E-state index contributed by atoms with van der Waals surface area (Å²) >= 11 is 1.25. The Hall–Kier alpha value is -2.21. The third-order valence-electron chi connectivity index (χ3n) is 4.28. The average molecular weight is 349 g/mol. The molecule has 1 N–H and O–H groups in total. The number of aromatic nitrogens is 1. The highest BCUT2D eigenvalue weighted by Crippen LogP contribution is 2.40. The molecule has 0 saturated heterocycles. The molecule has 0 spiro atoms. The molecule has 0 aliphatic carbocycles. The van der Waals surface area contributed by atoms with Gasteiger partial charge >= 0.3 is 0 Å². The minimum Gasteiger partial charge on any atom is -0.506 e. The number of halogens is 2. The zero-order valence-corrected chi connectivity index (χ0v) is 14.4. The van der Waals surface area contributed by atoms with Crippen molar-refractivity contribution in [1.29, 1.82) is 0 Å². The van der Waals surface area contributed by atoms with Gasteiger partial charge in [0.15, 0.2) is 0 Å². The van der Waals surface area contributed by atoms with E-state index in [2.05, 4.69) is 0 Å². The maximum absolute atomic E-state index is 13.0. The Morgan fingerprint density at radius 2 is 1.88 bits per heavy atom. The monoisotopic (exact) mass is 349 g/mol. The topological polar surface area (TPSA) is 42.2 Å². The standard InChI is InChI=1S/C18H17F2NO2S/c1-9-6-4-5-7-12(9)15-16(22)14-10(2)11(3)24-18(14)21(17(15)23)8-13(19)20/h4-7,13,22H,8H2,1-3H3. The average Bonchev–Trinajstić information content (AvgIpc) is 2.81. The van der Waals surface area contributed by atoms with Crippen molar-refractivity contribution in [3.63, 3.8) is 0 Å². The second-order valence-electron chi connectivity index (χ2n) is 5.81. The van der Waals surface area contributed by atoms with E-state index in [-0.39, 0.29) is 11.3 Å². The Kier molecular flexibility index (Phi) is 4.17. The summed E-state index contributed by atoms with van der Waals surface area (Å²) in [6.45, 7) is 4.81. The summed E-state index contributed by atoms with van der Waals surface area (Å²) in [7, 11) is 0. The molecule has 1 aromatic carbocycles. The van der Waals surface area contributed by atoms with Crippen LogP contribution in [0.15, 0.2) is 29.1 Å². The smallest absolute Gasteiger partial charge is 0.263 e. The molecule has 0 amide bonds. The van der Waals surface area contributed by atoms with Gasteiger partial charge in [-0.05, 0) is 37.5 Å². The number of fused-ring (bicyclic) bond motifs is 1. The highest BCUT2D eigenvalue weighted by molar-refractivity contribution is 7.18. The van der Waals surface area contributed by atoms with Crippen LogP contribution in [0.3, 0.4) is 0 Å². The van der Waals surface area contributed by atoms with Crippen molar-refractivity contribution in [2.45, 2.75) is 33.7 Å². The summed E-state index contributed by atoms with van der Waals surface area (Å²) in [6, 6.07) is 7.13. The van der Waals surface area contributed by atoms with E-state index in [1.807, 2.05) is 32.9 Å². The molecule has 2 aromatic heterocycles. The van der Waals surface area contributed by atoms with Gasteiger partial charge in [-0.3, -0.25) is 9.36 Å². The minimum absolute atomic E-state index is 0.0853. The van der Waals surface area contributed by atoms with Crippen LogP contribution in [0, 0.1) is 20.8 Å². The van der Waals surface area contributed by atoms with Gasteiger partial charge in [0.05, 0.1) is 17.5 Å². The first kappa shape index (κ1) is 16.6. The molecule has 3 rings (SSSR count). The zero-order valence-electron chi connectivity index (χ0n) is 13.6. The summed E-state index contributed by atoms with van der Waals surface area (Å²) in [6.07, 6.45) is -2.65. The Bertz CT molecular complexity index is 989. The van der Waals surface area contributed by atoms with E-state index in [1.54, 1.807) is 12.1 Å². The molecule has 6 heteroatoms. The van der Waals surface area contributed by atoms with Crippen LogP contribution in [-0.2, 0) is 6.54 Å². The van der Waals surface area contributed by atoms with Gasteiger partial charge in [0.2, 0.25) is 0 Å². The molecule has 0 aliphatic rings. The molecule has 0 atom stereocenters. The number of thiophene rings is 1. The van der Waals surface area contributed by atoms with Gasteiger partial charge in [0.1, 0.15) is 10.6 Å². The van der Waals surface area contributed by atoms with E-state index in [4.69, 9.17) is 0 Å². The van der Waals surface area contributed by atoms with Crippen LogP contribution < -0.4 is 5.56 Å². The molecule has 0 saturated carbocycles. The Morgan fingerprint density at radius 1 is 1.21 bits per heavy atom. The highest BCUT2D eigenvalue weighted by Gasteiger charge is 2.23. The van der Waals surface area contributed by atoms with Crippen molar-refractivity contribution in [3.05, 3.63) is 50.6 Å². The van der Waals surface area contributed by atoms with Crippen molar-refractivity contribution in [2.24, 2.45) is 0 Å². The van der Waals surface area contributed by atoms with Gasteiger partial charge in [-0.1, -0.05) is 24.3 Å². The fourth-order valence-electron chi connectivity index (χ4n) is 2.93. The number of alkyl halides is 2. The number of benzene rings is 1. The van der Waals surface area contributed by atoms with Crippen LogP contribution in [0.2, 0.25) is 0 Å². The van der Waals surface area contributed by atoms with Crippen LogP contribution in [0.5, 0.6) is 5.75 Å². The molecule has 3 aromatic rings. The third-order valence-corrected chi connectivity index (χ3v) is 5.51. The Labute approximate surface area is 141 Å². The van der Waals surface area contributed by atoms with Crippen molar-refractivity contribution in [3.8, 4) is 16.9 Å². The maximum atomic E-state index is 13.0. The molecule has 3 nitrogen and oxygen atoms in total. The lowest BCUT2D eigenvalue weighted by Crippen LogP contribution is -2.25. The van der Waals surface area contributed by atoms with Gasteiger partial charge in [-0.25, -0.2) is 8.78 Å². The van der Waals surface area contributed by atoms with Crippen LogP contribution in [0.4, 0.5) is 8.78 Å². The van der Waals surface area contributed by atoms with Crippen molar-refractivity contribution < 1.29 is 13.9 Å². The normalized spacial score (nSPS) is 11.6. The summed E-state index contributed by atoms with van der Waals surface area (Å²) in [5, 5.41) is 11.2. The number of nitrogens with zero attached hydrogens (tertiary/aromatic N) is 1. The first-order valence-electron chi connectivity index (χ1n) is 7.52. The van der Waals surface area contributed by atoms with E-state index in [1.165, 1.54) is 11.3 Å². The van der Waals surface area contributed by atoms with Crippen LogP contribution in [0.1, 0.15) is 16.0 Å². The second-order valence-corrected chi connectivity index (χ2v) is 7.01. The lowest BCUT2D eigenvalue weighted by Gasteiger charge is -2.14. The lowest BCUT2D eigenvalue weighted by atomic mass is 9.99. The molecule has 0 bridgehead atoms.